The molecule has 3 rings (SSSR count). The van der Waals surface area contributed by atoms with Crippen LogP contribution in [-0.2, 0) is 11.3 Å². The molecule has 0 aliphatic carbocycles. The van der Waals surface area contributed by atoms with E-state index in [0.717, 1.165) is 17.8 Å². The topological polar surface area (TPSA) is 120 Å². The molecule has 1 aliphatic rings. The van der Waals surface area contributed by atoms with Gasteiger partial charge in [0, 0.05) is 42.3 Å². The molecule has 0 radical (unpaired) electrons. The lowest BCUT2D eigenvalue weighted by Crippen LogP contribution is -2.34. The van der Waals surface area contributed by atoms with Gasteiger partial charge in [-0.25, -0.2) is 19.2 Å². The van der Waals surface area contributed by atoms with Gasteiger partial charge < -0.3 is 21.1 Å². The number of piperidine rings is 1. The summed E-state index contributed by atoms with van der Waals surface area (Å²) in [5.41, 5.74) is 10.4. The van der Waals surface area contributed by atoms with Crippen LogP contribution in [-0.4, -0.2) is 35.1 Å². The summed E-state index contributed by atoms with van der Waals surface area (Å²) in [6.07, 6.45) is 4.11. The van der Waals surface area contributed by atoms with Crippen LogP contribution >= 0.6 is 11.3 Å². The Hall–Kier alpha value is -2.75. The number of hydrogen-bond donors (Lipinski definition) is 2. The molecule has 4 N–H and O–H groups in total. The van der Waals surface area contributed by atoms with Crippen LogP contribution in [0.4, 0.5) is 15.0 Å². The largest absolute Gasteiger partial charge is 0.443 e. The Morgan fingerprint density at radius 3 is 2.77 bits per heavy atom. The Bertz CT molecular complexity index is 786. The molecule has 0 aromatic carbocycles. The fraction of sp³-hybridized carbons (Fsp3) is 0.375. The second kappa shape index (κ2) is 8.09. The molecule has 0 bridgehead atoms. The number of rotatable bonds is 4. The average molecular weight is 378 g/mol. The molecule has 138 valence electrons. The van der Waals surface area contributed by atoms with E-state index >= 15 is 0 Å². The molecule has 1 aliphatic heterocycles. The number of anilines is 1. The summed E-state index contributed by atoms with van der Waals surface area (Å²) in [6.45, 7) is 1.10. The molecule has 0 atom stereocenters. The number of guanidine groups is 1. The molecule has 1 saturated heterocycles. The minimum atomic E-state index is -0.966. The fourth-order valence-electron chi connectivity index (χ4n) is 2.85. The van der Waals surface area contributed by atoms with Crippen LogP contribution in [0.1, 0.15) is 29.3 Å². The van der Waals surface area contributed by atoms with E-state index in [1.807, 2.05) is 10.3 Å². The Morgan fingerprint density at radius 1 is 1.35 bits per heavy atom. The average Bonchev–Trinajstić information content (AvgIpc) is 3.15. The maximum absolute atomic E-state index is 14.7. The number of carbonyl (C=O) groups is 1. The van der Waals surface area contributed by atoms with Crippen molar-refractivity contribution in [3.63, 3.8) is 0 Å². The van der Waals surface area contributed by atoms with E-state index < -0.39 is 17.9 Å². The molecule has 1 amide bonds. The summed E-state index contributed by atoms with van der Waals surface area (Å²) < 4.78 is 19.6. The molecule has 2 aromatic rings. The maximum Gasteiger partial charge on any atom is 0.437 e. The molecule has 1 fully saturated rings. The van der Waals surface area contributed by atoms with Gasteiger partial charge in [0.1, 0.15) is 6.61 Å². The van der Waals surface area contributed by atoms with E-state index in [9.17, 15) is 9.18 Å². The first-order chi connectivity index (χ1) is 12.5. The predicted octanol–water partition coefficient (Wildman–Crippen LogP) is 1.97. The first-order valence-electron chi connectivity index (χ1n) is 8.08. The third kappa shape index (κ3) is 4.26. The summed E-state index contributed by atoms with van der Waals surface area (Å²) in [6, 6.07) is 1.46. The molecule has 8 nitrogen and oxygen atoms in total. The van der Waals surface area contributed by atoms with Crippen LogP contribution in [0.25, 0.3) is 0 Å². The summed E-state index contributed by atoms with van der Waals surface area (Å²) in [7, 11) is 0. The van der Waals surface area contributed by atoms with E-state index in [-0.39, 0.29) is 18.0 Å². The van der Waals surface area contributed by atoms with Crippen LogP contribution < -0.4 is 16.4 Å². The van der Waals surface area contributed by atoms with E-state index in [0.29, 0.717) is 19.0 Å². The van der Waals surface area contributed by atoms with E-state index in [4.69, 9.17) is 16.2 Å². The third-order valence-electron chi connectivity index (χ3n) is 4.12. The van der Waals surface area contributed by atoms with Gasteiger partial charge in [-0.05, 0) is 18.9 Å². The molecule has 0 spiro atoms. The molecule has 0 unspecified atom stereocenters. The molecule has 3 heterocycles. The molecule has 2 aromatic heterocycles. The second-order valence-corrected chi connectivity index (χ2v) is 6.76. The van der Waals surface area contributed by atoms with Gasteiger partial charge in [-0.2, -0.15) is 0 Å². The first kappa shape index (κ1) is 18.1. The highest BCUT2D eigenvalue weighted by Gasteiger charge is 2.25. The number of nitrogens with zero attached hydrogens (tertiary/aromatic N) is 4. The van der Waals surface area contributed by atoms with Crippen molar-refractivity contribution in [3.8, 4) is 0 Å². The molecular formula is C16H19FN6O2S. The Labute approximate surface area is 153 Å². The second-order valence-electron chi connectivity index (χ2n) is 5.83. The van der Waals surface area contributed by atoms with Crippen molar-refractivity contribution in [1.82, 2.24) is 9.97 Å². The van der Waals surface area contributed by atoms with Gasteiger partial charge in [0.25, 0.3) is 0 Å². The number of nitrogens with two attached hydrogens (primary N) is 2. The van der Waals surface area contributed by atoms with Gasteiger partial charge >= 0.3 is 6.09 Å². The smallest absolute Gasteiger partial charge is 0.437 e. The lowest BCUT2D eigenvalue weighted by Gasteiger charge is -2.32. The Kier molecular flexibility index (Phi) is 5.61. The van der Waals surface area contributed by atoms with Crippen LogP contribution in [0.2, 0.25) is 0 Å². The van der Waals surface area contributed by atoms with Crippen molar-refractivity contribution in [1.29, 1.82) is 0 Å². The number of hydrogen-bond acceptors (Lipinski definition) is 6. The Morgan fingerprint density at radius 2 is 2.12 bits per heavy atom. The first-order valence-corrected chi connectivity index (χ1v) is 8.96. The summed E-state index contributed by atoms with van der Waals surface area (Å²) >= 11 is 1.65. The van der Waals surface area contributed by atoms with Crippen LogP contribution in [0.5, 0.6) is 0 Å². The third-order valence-corrected chi connectivity index (χ3v) is 5.06. The zero-order chi connectivity index (χ0) is 18.5. The number of carbonyl (C=O) groups excluding carboxylic acids is 1. The van der Waals surface area contributed by atoms with E-state index in [1.165, 1.54) is 12.3 Å². The highest BCUT2D eigenvalue weighted by Crippen LogP contribution is 2.32. The summed E-state index contributed by atoms with van der Waals surface area (Å²) in [5.74, 6) is -0.248. The van der Waals surface area contributed by atoms with Gasteiger partial charge in [0.2, 0.25) is 0 Å². The quantitative estimate of drug-likeness (QED) is 0.616. The monoisotopic (exact) mass is 378 g/mol. The normalized spacial score (nSPS) is 14.9. The molecule has 26 heavy (non-hydrogen) atoms. The molecular weight excluding hydrogens is 359 g/mol. The number of aliphatic imine (C=N–C) groups is 1. The highest BCUT2D eigenvalue weighted by molar-refractivity contribution is 7.09. The standard InChI is InChI=1S/C16H19FN6O2S/c17-12-11(9-25-16(24)22-15(18)19)1-4-20-13(12)23-6-2-10(3-7-23)14-21-5-8-26-14/h1,4-5,8,10H,2-3,6-7,9H2,(H4,18,19,22,24). The zero-order valence-electron chi connectivity index (χ0n) is 14.0. The van der Waals surface area contributed by atoms with Crippen LogP contribution in [0, 0.1) is 5.82 Å². The van der Waals surface area contributed by atoms with Crippen LogP contribution in [0.3, 0.4) is 0 Å². The lowest BCUT2D eigenvalue weighted by atomic mass is 9.97. The minimum absolute atomic E-state index is 0.219. The highest BCUT2D eigenvalue weighted by atomic mass is 32.1. The number of thiazole rings is 1. The predicted molar refractivity (Wildman–Crippen MR) is 96.5 cm³/mol. The minimum Gasteiger partial charge on any atom is -0.443 e. The SMILES string of the molecule is NC(N)=NC(=O)OCc1ccnc(N2CCC(c3nccs3)CC2)c1F. The van der Waals surface area contributed by atoms with E-state index in [1.54, 1.807) is 17.5 Å². The van der Waals surface area contributed by atoms with Gasteiger partial charge in [-0.1, -0.05) is 0 Å². The maximum atomic E-state index is 14.7. The zero-order valence-corrected chi connectivity index (χ0v) is 14.8. The van der Waals surface area contributed by atoms with Crippen molar-refractivity contribution < 1.29 is 13.9 Å². The van der Waals surface area contributed by atoms with Crippen molar-refractivity contribution in [2.45, 2.75) is 25.4 Å². The lowest BCUT2D eigenvalue weighted by molar-refractivity contribution is 0.149. The number of aromatic nitrogens is 2. The number of amides is 1. The number of ether oxygens (including phenoxy) is 1. The van der Waals surface area contributed by atoms with Crippen molar-refractivity contribution in [3.05, 3.63) is 40.2 Å². The van der Waals surface area contributed by atoms with E-state index in [2.05, 4.69) is 15.0 Å². The van der Waals surface area contributed by atoms with Gasteiger partial charge in [-0.15, -0.1) is 16.3 Å². The molecule has 10 heteroatoms. The van der Waals surface area contributed by atoms with Crippen molar-refractivity contribution in [2.75, 3.05) is 18.0 Å². The van der Waals surface area contributed by atoms with Crippen molar-refractivity contribution >= 4 is 29.2 Å². The van der Waals surface area contributed by atoms with Gasteiger partial charge in [-0.3, -0.25) is 0 Å². The molecule has 0 saturated carbocycles. The summed E-state index contributed by atoms with van der Waals surface area (Å²) in [5, 5.41) is 3.09. The number of halogens is 1. The summed E-state index contributed by atoms with van der Waals surface area (Å²) in [4.78, 5) is 25.0. The van der Waals surface area contributed by atoms with Gasteiger partial charge in [0.15, 0.2) is 17.6 Å². The van der Waals surface area contributed by atoms with Gasteiger partial charge in [0.05, 0.1) is 5.01 Å². The van der Waals surface area contributed by atoms with Crippen LogP contribution in [0.15, 0.2) is 28.8 Å². The Balaban J connectivity index is 1.64. The fourth-order valence-corrected chi connectivity index (χ4v) is 3.67. The van der Waals surface area contributed by atoms with Crippen molar-refractivity contribution in [2.24, 2.45) is 16.5 Å². The number of pyridine rings is 1.